The second kappa shape index (κ2) is 7.63. The largest absolute Gasteiger partial charge is 0.477 e. The number of urea groups is 1. The van der Waals surface area contributed by atoms with Crippen LogP contribution in [0.25, 0.3) is 0 Å². The SMILES string of the molecule is CCNC(=O)N1CCN(C(=O)c2cccnc2OCC)CC1. The highest BCUT2D eigenvalue weighted by Crippen LogP contribution is 2.17. The molecule has 0 aliphatic carbocycles. The first-order valence-corrected chi connectivity index (χ1v) is 7.57. The highest BCUT2D eigenvalue weighted by atomic mass is 16.5. The van der Waals surface area contributed by atoms with Gasteiger partial charge in [0.2, 0.25) is 5.88 Å². The molecule has 1 saturated heterocycles. The first-order valence-electron chi connectivity index (χ1n) is 7.57. The van der Waals surface area contributed by atoms with Crippen LogP contribution < -0.4 is 10.1 Å². The molecule has 1 aromatic heterocycles. The van der Waals surface area contributed by atoms with Gasteiger partial charge in [0.15, 0.2) is 0 Å². The average Bonchev–Trinajstić information content (AvgIpc) is 2.55. The molecule has 1 fully saturated rings. The molecule has 0 aromatic carbocycles. The number of hydrogen-bond acceptors (Lipinski definition) is 4. The van der Waals surface area contributed by atoms with E-state index in [2.05, 4.69) is 10.3 Å². The fraction of sp³-hybridized carbons (Fsp3) is 0.533. The molecule has 0 saturated carbocycles. The lowest BCUT2D eigenvalue weighted by atomic mass is 10.2. The third-order valence-electron chi connectivity index (χ3n) is 3.46. The van der Waals surface area contributed by atoms with Crippen LogP contribution in [0, 0.1) is 0 Å². The van der Waals surface area contributed by atoms with E-state index >= 15 is 0 Å². The lowest BCUT2D eigenvalue weighted by molar-refractivity contribution is 0.0660. The number of nitrogens with zero attached hydrogens (tertiary/aromatic N) is 3. The average molecular weight is 306 g/mol. The second-order valence-corrected chi connectivity index (χ2v) is 4.90. The van der Waals surface area contributed by atoms with Gasteiger partial charge in [0.05, 0.1) is 6.61 Å². The van der Waals surface area contributed by atoms with E-state index in [0.29, 0.717) is 50.8 Å². The number of pyridine rings is 1. The van der Waals surface area contributed by atoms with Crippen molar-refractivity contribution in [3.8, 4) is 5.88 Å². The van der Waals surface area contributed by atoms with Crippen LogP contribution >= 0.6 is 0 Å². The Kier molecular flexibility index (Phi) is 5.57. The van der Waals surface area contributed by atoms with E-state index in [-0.39, 0.29) is 11.9 Å². The van der Waals surface area contributed by atoms with Crippen molar-refractivity contribution in [3.63, 3.8) is 0 Å². The summed E-state index contributed by atoms with van der Waals surface area (Å²) in [5.74, 6) is 0.258. The third-order valence-corrected chi connectivity index (χ3v) is 3.46. The molecule has 7 heteroatoms. The van der Waals surface area contributed by atoms with Crippen LogP contribution in [0.15, 0.2) is 18.3 Å². The molecule has 1 aliphatic rings. The summed E-state index contributed by atoms with van der Waals surface area (Å²) in [6.07, 6.45) is 1.61. The summed E-state index contributed by atoms with van der Waals surface area (Å²) in [7, 11) is 0. The van der Waals surface area contributed by atoms with Crippen LogP contribution in [-0.2, 0) is 0 Å². The van der Waals surface area contributed by atoms with Gasteiger partial charge in [-0.1, -0.05) is 0 Å². The maximum Gasteiger partial charge on any atom is 0.317 e. The predicted octanol–water partition coefficient (Wildman–Crippen LogP) is 0.968. The van der Waals surface area contributed by atoms with Gasteiger partial charge in [0.25, 0.3) is 5.91 Å². The lowest BCUT2D eigenvalue weighted by Gasteiger charge is -2.34. The van der Waals surface area contributed by atoms with Gasteiger partial charge >= 0.3 is 6.03 Å². The van der Waals surface area contributed by atoms with Crippen molar-refractivity contribution in [1.82, 2.24) is 20.1 Å². The van der Waals surface area contributed by atoms with Gasteiger partial charge in [-0.2, -0.15) is 0 Å². The van der Waals surface area contributed by atoms with Crippen molar-refractivity contribution in [3.05, 3.63) is 23.9 Å². The van der Waals surface area contributed by atoms with Gasteiger partial charge in [-0.25, -0.2) is 9.78 Å². The minimum atomic E-state index is -0.105. The van der Waals surface area contributed by atoms with Gasteiger partial charge in [0, 0.05) is 38.9 Å². The lowest BCUT2D eigenvalue weighted by Crippen LogP contribution is -2.53. The standard InChI is InChI=1S/C15H22N4O3/c1-3-16-15(21)19-10-8-18(9-11-19)14(20)12-6-5-7-17-13(12)22-4-2/h5-7H,3-4,8-11H2,1-2H3,(H,16,21). The smallest absolute Gasteiger partial charge is 0.317 e. The van der Waals surface area contributed by atoms with E-state index in [9.17, 15) is 9.59 Å². The van der Waals surface area contributed by atoms with Crippen molar-refractivity contribution >= 4 is 11.9 Å². The van der Waals surface area contributed by atoms with E-state index in [1.165, 1.54) is 0 Å². The van der Waals surface area contributed by atoms with E-state index < -0.39 is 0 Å². The Bertz CT molecular complexity index is 527. The van der Waals surface area contributed by atoms with Gasteiger partial charge in [-0.3, -0.25) is 4.79 Å². The number of carbonyl (C=O) groups is 2. The minimum Gasteiger partial charge on any atom is -0.477 e. The molecule has 7 nitrogen and oxygen atoms in total. The highest BCUT2D eigenvalue weighted by Gasteiger charge is 2.26. The number of carbonyl (C=O) groups excluding carboxylic acids is 2. The maximum atomic E-state index is 12.6. The van der Waals surface area contributed by atoms with E-state index in [4.69, 9.17) is 4.74 Å². The molecule has 0 atom stereocenters. The topological polar surface area (TPSA) is 74.8 Å². The zero-order valence-corrected chi connectivity index (χ0v) is 13.0. The number of aromatic nitrogens is 1. The van der Waals surface area contributed by atoms with Crippen LogP contribution in [0.4, 0.5) is 4.79 Å². The first kappa shape index (κ1) is 16.1. The first-order chi connectivity index (χ1) is 10.7. The fourth-order valence-electron chi connectivity index (χ4n) is 2.35. The molecule has 0 unspecified atom stereocenters. The Morgan fingerprint density at radius 2 is 1.91 bits per heavy atom. The summed E-state index contributed by atoms with van der Waals surface area (Å²) in [6, 6.07) is 3.36. The molecule has 1 aromatic rings. The molecular formula is C15H22N4O3. The molecule has 120 valence electrons. The van der Waals surface area contributed by atoms with Crippen LogP contribution in [0.3, 0.4) is 0 Å². The third kappa shape index (κ3) is 3.66. The van der Waals surface area contributed by atoms with Crippen molar-refractivity contribution in [2.45, 2.75) is 13.8 Å². The van der Waals surface area contributed by atoms with Crippen molar-refractivity contribution in [1.29, 1.82) is 0 Å². The Balaban J connectivity index is 1.99. The van der Waals surface area contributed by atoms with E-state index in [1.807, 2.05) is 13.8 Å². The summed E-state index contributed by atoms with van der Waals surface area (Å²) in [4.78, 5) is 31.9. The van der Waals surface area contributed by atoms with Gasteiger partial charge in [-0.15, -0.1) is 0 Å². The number of nitrogens with one attached hydrogen (secondary N) is 1. The molecule has 22 heavy (non-hydrogen) atoms. The minimum absolute atomic E-state index is 0.0778. The summed E-state index contributed by atoms with van der Waals surface area (Å²) < 4.78 is 5.41. The molecule has 0 radical (unpaired) electrons. The molecular weight excluding hydrogens is 284 g/mol. The molecule has 3 amide bonds. The normalized spacial score (nSPS) is 14.6. The van der Waals surface area contributed by atoms with Gasteiger partial charge in [0.1, 0.15) is 5.56 Å². The second-order valence-electron chi connectivity index (χ2n) is 4.90. The molecule has 0 bridgehead atoms. The zero-order valence-electron chi connectivity index (χ0n) is 13.0. The number of amides is 3. The molecule has 2 rings (SSSR count). The summed E-state index contributed by atoms with van der Waals surface area (Å²) in [5, 5.41) is 2.77. The molecule has 1 aliphatic heterocycles. The van der Waals surface area contributed by atoms with Crippen LogP contribution in [0.1, 0.15) is 24.2 Å². The summed E-state index contributed by atoms with van der Waals surface area (Å²) in [6.45, 7) is 6.88. The zero-order chi connectivity index (χ0) is 15.9. The fourth-order valence-corrected chi connectivity index (χ4v) is 2.35. The van der Waals surface area contributed by atoms with Crippen molar-refractivity contribution in [2.75, 3.05) is 39.3 Å². The molecule has 2 heterocycles. The number of piperazine rings is 1. The summed E-state index contributed by atoms with van der Waals surface area (Å²) in [5.41, 5.74) is 0.468. The number of rotatable bonds is 4. The Morgan fingerprint density at radius 1 is 1.23 bits per heavy atom. The van der Waals surface area contributed by atoms with Crippen molar-refractivity contribution < 1.29 is 14.3 Å². The Labute approximate surface area is 130 Å². The quantitative estimate of drug-likeness (QED) is 0.899. The Morgan fingerprint density at radius 3 is 2.55 bits per heavy atom. The van der Waals surface area contributed by atoms with Crippen LogP contribution in [0.5, 0.6) is 5.88 Å². The van der Waals surface area contributed by atoms with E-state index in [1.54, 1.807) is 28.1 Å². The van der Waals surface area contributed by atoms with Crippen molar-refractivity contribution in [2.24, 2.45) is 0 Å². The number of ether oxygens (including phenoxy) is 1. The Hall–Kier alpha value is -2.31. The summed E-state index contributed by atoms with van der Waals surface area (Å²) >= 11 is 0. The van der Waals surface area contributed by atoms with E-state index in [0.717, 1.165) is 0 Å². The van der Waals surface area contributed by atoms with Crippen LogP contribution in [0.2, 0.25) is 0 Å². The molecule has 1 N–H and O–H groups in total. The predicted molar refractivity (Wildman–Crippen MR) is 82.0 cm³/mol. The number of hydrogen-bond donors (Lipinski definition) is 1. The van der Waals surface area contributed by atoms with Gasteiger partial charge < -0.3 is 19.9 Å². The maximum absolute atomic E-state index is 12.6. The van der Waals surface area contributed by atoms with Crippen LogP contribution in [-0.4, -0.2) is 66.1 Å². The monoisotopic (exact) mass is 306 g/mol. The molecule has 0 spiro atoms. The van der Waals surface area contributed by atoms with Gasteiger partial charge in [-0.05, 0) is 26.0 Å². The highest BCUT2D eigenvalue weighted by molar-refractivity contribution is 5.96.